The van der Waals surface area contributed by atoms with Crippen molar-refractivity contribution >= 4 is 22.6 Å². The highest BCUT2D eigenvalue weighted by Gasteiger charge is 1.95. The summed E-state index contributed by atoms with van der Waals surface area (Å²) >= 11 is 2.49. The Morgan fingerprint density at radius 1 is 0.435 bits per heavy atom. The van der Waals surface area contributed by atoms with Crippen LogP contribution >= 0.6 is 22.6 Å². The van der Waals surface area contributed by atoms with Crippen molar-refractivity contribution in [2.45, 2.75) is 122 Å². The normalized spacial score (nSPS) is 10.8. The molecule has 1 heteroatoms. The lowest BCUT2D eigenvalue weighted by Crippen LogP contribution is -1.84. The first kappa shape index (κ1) is 23.3. The Morgan fingerprint density at radius 2 is 0.696 bits per heavy atom. The molecule has 0 nitrogen and oxygen atoms in total. The zero-order valence-electron chi connectivity index (χ0n) is 15.6. The lowest BCUT2D eigenvalue weighted by atomic mass is 10.0. The first-order chi connectivity index (χ1) is 11.4. The molecule has 23 heavy (non-hydrogen) atoms. The highest BCUT2D eigenvalue weighted by Crippen LogP contribution is 2.14. The molecule has 0 saturated heterocycles. The molecule has 0 heterocycles. The summed E-state index contributed by atoms with van der Waals surface area (Å²) in [4.78, 5) is 0. The minimum atomic E-state index is 0.971. The van der Waals surface area contributed by atoms with Gasteiger partial charge < -0.3 is 0 Å². The van der Waals surface area contributed by atoms with Gasteiger partial charge in [0, 0.05) is 6.42 Å². The van der Waals surface area contributed by atoms with Crippen molar-refractivity contribution in [3.05, 3.63) is 0 Å². The van der Waals surface area contributed by atoms with Crippen molar-refractivity contribution in [2.75, 3.05) is 4.43 Å². The molecule has 0 unspecified atom stereocenters. The van der Waals surface area contributed by atoms with Gasteiger partial charge in [-0.15, -0.1) is 12.3 Å². The van der Waals surface area contributed by atoms with E-state index in [9.17, 15) is 0 Å². The Balaban J connectivity index is 2.94. The zero-order chi connectivity index (χ0) is 16.8. The largest absolute Gasteiger partial charge is 0.120 e. The van der Waals surface area contributed by atoms with E-state index in [1.165, 1.54) is 120 Å². The van der Waals surface area contributed by atoms with Gasteiger partial charge in [-0.2, -0.15) is 0 Å². The van der Waals surface area contributed by atoms with E-state index in [0.29, 0.717) is 0 Å². The van der Waals surface area contributed by atoms with Gasteiger partial charge >= 0.3 is 0 Å². The molecule has 0 amide bonds. The minimum Gasteiger partial charge on any atom is -0.120 e. The second-order valence-electron chi connectivity index (χ2n) is 7.01. The van der Waals surface area contributed by atoms with Gasteiger partial charge in [0.2, 0.25) is 0 Å². The van der Waals surface area contributed by atoms with Crippen LogP contribution in [0.1, 0.15) is 122 Å². The Bertz CT molecular complexity index is 241. The van der Waals surface area contributed by atoms with Crippen molar-refractivity contribution < 1.29 is 0 Å². The predicted octanol–water partition coefficient (Wildman–Crippen LogP) is 8.47. The molecular formula is C22H41I. The topological polar surface area (TPSA) is 0 Å². The van der Waals surface area contributed by atoms with E-state index in [1.54, 1.807) is 0 Å². The van der Waals surface area contributed by atoms with Crippen LogP contribution in [-0.2, 0) is 0 Å². The molecule has 0 aliphatic heterocycles. The van der Waals surface area contributed by atoms with E-state index in [4.69, 9.17) is 6.42 Å². The Kier molecular flexibility index (Phi) is 22.6. The van der Waals surface area contributed by atoms with Crippen LogP contribution in [0, 0.1) is 12.3 Å². The lowest BCUT2D eigenvalue weighted by molar-refractivity contribution is 0.526. The molecule has 0 bridgehead atoms. The second kappa shape index (κ2) is 22.3. The average molecular weight is 432 g/mol. The Morgan fingerprint density at radius 3 is 0.957 bits per heavy atom. The number of hydrogen-bond acceptors (Lipinski definition) is 0. The molecule has 0 aromatic carbocycles. The molecular weight excluding hydrogens is 391 g/mol. The molecule has 0 rings (SSSR count). The Labute approximate surface area is 161 Å². The van der Waals surface area contributed by atoms with E-state index in [0.717, 1.165) is 6.42 Å². The molecule has 136 valence electrons. The van der Waals surface area contributed by atoms with Crippen molar-refractivity contribution in [2.24, 2.45) is 0 Å². The number of halogens is 1. The fraction of sp³-hybridized carbons (Fsp3) is 0.909. The minimum absolute atomic E-state index is 0.971. The van der Waals surface area contributed by atoms with Gasteiger partial charge in [0.25, 0.3) is 0 Å². The summed E-state index contributed by atoms with van der Waals surface area (Å²) in [7, 11) is 0. The Hall–Kier alpha value is 0.290. The maximum Gasteiger partial charge on any atom is 0.00860 e. The first-order valence-corrected chi connectivity index (χ1v) is 11.9. The molecule has 0 spiro atoms. The van der Waals surface area contributed by atoms with Crippen LogP contribution in [0.4, 0.5) is 0 Å². The lowest BCUT2D eigenvalue weighted by Gasteiger charge is -2.03. The molecule has 0 atom stereocenters. The molecule has 0 fully saturated rings. The van der Waals surface area contributed by atoms with E-state index >= 15 is 0 Å². The van der Waals surface area contributed by atoms with Gasteiger partial charge in [-0.05, 0) is 17.3 Å². The third-order valence-corrected chi connectivity index (χ3v) is 5.47. The fourth-order valence-electron chi connectivity index (χ4n) is 3.15. The highest BCUT2D eigenvalue weighted by molar-refractivity contribution is 14.1. The first-order valence-electron chi connectivity index (χ1n) is 10.4. The number of terminal acetylenes is 1. The van der Waals surface area contributed by atoms with Crippen LogP contribution in [0.2, 0.25) is 0 Å². The monoisotopic (exact) mass is 432 g/mol. The number of rotatable bonds is 19. The number of alkyl halides is 1. The van der Waals surface area contributed by atoms with Crippen molar-refractivity contribution in [3.8, 4) is 12.3 Å². The smallest absolute Gasteiger partial charge is 0.00860 e. The predicted molar refractivity (Wildman–Crippen MR) is 115 cm³/mol. The summed E-state index contributed by atoms with van der Waals surface area (Å²) in [6.07, 6.45) is 32.1. The maximum atomic E-state index is 5.25. The highest BCUT2D eigenvalue weighted by atomic mass is 127. The molecule has 0 N–H and O–H groups in total. The summed E-state index contributed by atoms with van der Waals surface area (Å²) in [5, 5.41) is 0. The van der Waals surface area contributed by atoms with Crippen molar-refractivity contribution in [1.82, 2.24) is 0 Å². The number of unbranched alkanes of at least 4 members (excludes halogenated alkanes) is 18. The molecule has 0 saturated carbocycles. The summed E-state index contributed by atoms with van der Waals surface area (Å²) in [6.45, 7) is 0. The third-order valence-electron chi connectivity index (χ3n) is 4.70. The van der Waals surface area contributed by atoms with Gasteiger partial charge in [0.15, 0.2) is 0 Å². The molecule has 0 aromatic heterocycles. The molecule has 0 radical (unpaired) electrons. The van der Waals surface area contributed by atoms with Crippen LogP contribution in [0.25, 0.3) is 0 Å². The van der Waals surface area contributed by atoms with Crippen LogP contribution in [0.3, 0.4) is 0 Å². The zero-order valence-corrected chi connectivity index (χ0v) is 17.8. The van der Waals surface area contributed by atoms with E-state index in [2.05, 4.69) is 28.5 Å². The molecule has 0 aliphatic carbocycles. The quantitative estimate of drug-likeness (QED) is 0.0831. The van der Waals surface area contributed by atoms with E-state index in [1.807, 2.05) is 0 Å². The maximum absolute atomic E-state index is 5.25. The van der Waals surface area contributed by atoms with Gasteiger partial charge in [-0.1, -0.05) is 125 Å². The van der Waals surface area contributed by atoms with E-state index in [-0.39, 0.29) is 0 Å². The molecule has 0 aromatic rings. The van der Waals surface area contributed by atoms with Crippen LogP contribution in [0.15, 0.2) is 0 Å². The SMILES string of the molecule is C#CCCCCCCCCCCCCCCCCCCCCI. The fourth-order valence-corrected chi connectivity index (χ4v) is 3.69. The molecule has 0 aliphatic rings. The van der Waals surface area contributed by atoms with Crippen LogP contribution in [-0.4, -0.2) is 4.43 Å². The van der Waals surface area contributed by atoms with Gasteiger partial charge in [0.1, 0.15) is 0 Å². The second-order valence-corrected chi connectivity index (χ2v) is 8.09. The van der Waals surface area contributed by atoms with Crippen molar-refractivity contribution in [3.63, 3.8) is 0 Å². The summed E-state index contributed by atoms with van der Waals surface area (Å²) < 4.78 is 1.34. The van der Waals surface area contributed by atoms with Crippen LogP contribution in [0.5, 0.6) is 0 Å². The van der Waals surface area contributed by atoms with Gasteiger partial charge in [-0.3, -0.25) is 0 Å². The average Bonchev–Trinajstić information content (AvgIpc) is 2.57. The third kappa shape index (κ3) is 22.3. The van der Waals surface area contributed by atoms with E-state index < -0.39 is 0 Å². The van der Waals surface area contributed by atoms with Gasteiger partial charge in [0.05, 0.1) is 0 Å². The van der Waals surface area contributed by atoms with Crippen LogP contribution < -0.4 is 0 Å². The number of hydrogen-bond donors (Lipinski definition) is 0. The standard InChI is InChI=1S/C22H41I/c1-2-3-4-5-6-7-8-9-10-11-12-13-14-15-16-17-18-19-20-21-22-23/h1H,3-22H2. The van der Waals surface area contributed by atoms with Gasteiger partial charge in [-0.25, -0.2) is 0 Å². The van der Waals surface area contributed by atoms with Crippen molar-refractivity contribution in [1.29, 1.82) is 0 Å². The summed E-state index contributed by atoms with van der Waals surface area (Å²) in [5.74, 6) is 2.72. The summed E-state index contributed by atoms with van der Waals surface area (Å²) in [6, 6.07) is 0. The summed E-state index contributed by atoms with van der Waals surface area (Å²) in [5.41, 5.74) is 0.